The number of amides is 3. The Morgan fingerprint density at radius 1 is 0.895 bits per heavy atom. The van der Waals surface area contributed by atoms with E-state index < -0.39 is 66.3 Å². The summed E-state index contributed by atoms with van der Waals surface area (Å²) in [5, 5.41) is 2.60. The lowest BCUT2D eigenvalue weighted by molar-refractivity contribution is -0.277. The average molecular weight is 535 g/mol. The third-order valence-electron chi connectivity index (χ3n) is 5.76. The molecule has 0 aliphatic carbocycles. The van der Waals surface area contributed by atoms with Crippen LogP contribution in [0, 0.1) is 0 Å². The molecule has 1 fully saturated rings. The highest BCUT2D eigenvalue weighted by Gasteiger charge is 2.51. The topological polar surface area (TPSA) is 164 Å². The summed E-state index contributed by atoms with van der Waals surface area (Å²) in [6.45, 7) is 4.37. The third kappa shape index (κ3) is 6.92. The Bertz CT molecular complexity index is 1070. The second-order valence-electron chi connectivity index (χ2n) is 8.75. The van der Waals surface area contributed by atoms with Gasteiger partial charge < -0.3 is 29.0 Å². The van der Waals surface area contributed by atoms with E-state index in [9.17, 15) is 28.8 Å². The Hall–Kier alpha value is -3.84. The molecule has 1 aromatic rings. The molecule has 2 heterocycles. The molecule has 2 aliphatic heterocycles. The van der Waals surface area contributed by atoms with E-state index in [-0.39, 0.29) is 26.2 Å². The van der Waals surface area contributed by atoms with E-state index in [4.69, 9.17) is 23.7 Å². The van der Waals surface area contributed by atoms with E-state index in [1.807, 2.05) is 0 Å². The summed E-state index contributed by atoms with van der Waals surface area (Å²) in [7, 11) is 0. The molecular formula is C25H30N2O11. The van der Waals surface area contributed by atoms with Gasteiger partial charge in [0, 0.05) is 34.2 Å². The standard InChI is InChI=1S/C25H30N2O11/c1-13(28)26-20-22(37-16(4)31)21(36-15(3)30)19(12-35-14(2)29)38-25(20)34-11-7-10-27-23(32)17-8-5-6-9-18(17)24(27)33/h5-6,8-9,19-22,25H,7,10-12H2,1-4H3,(H,26,28)/t19-,20-,21+,22-,25-/m0/s1. The second-order valence-corrected chi connectivity index (χ2v) is 8.75. The fourth-order valence-electron chi connectivity index (χ4n) is 4.30. The van der Waals surface area contributed by atoms with Gasteiger partial charge in [-0.05, 0) is 18.6 Å². The van der Waals surface area contributed by atoms with E-state index in [1.165, 1.54) is 13.8 Å². The molecule has 1 aromatic carbocycles. The first-order valence-electron chi connectivity index (χ1n) is 12.0. The molecule has 5 atom stereocenters. The lowest BCUT2D eigenvalue weighted by Gasteiger charge is -2.45. The minimum absolute atomic E-state index is 0.0283. The van der Waals surface area contributed by atoms with Crippen LogP contribution in [0.2, 0.25) is 0 Å². The van der Waals surface area contributed by atoms with Crippen LogP contribution in [-0.2, 0) is 42.9 Å². The van der Waals surface area contributed by atoms with Crippen molar-refractivity contribution in [2.75, 3.05) is 19.8 Å². The molecule has 0 aromatic heterocycles. The van der Waals surface area contributed by atoms with Crippen LogP contribution in [0.25, 0.3) is 0 Å². The zero-order chi connectivity index (χ0) is 28.0. The molecule has 3 amide bonds. The number of benzene rings is 1. The summed E-state index contributed by atoms with van der Waals surface area (Å²) >= 11 is 0. The Morgan fingerprint density at radius 2 is 1.47 bits per heavy atom. The summed E-state index contributed by atoms with van der Waals surface area (Å²) in [5.41, 5.74) is 0.655. The summed E-state index contributed by atoms with van der Waals surface area (Å²) < 4.78 is 27.5. The van der Waals surface area contributed by atoms with Crippen LogP contribution in [-0.4, -0.2) is 90.9 Å². The Kier molecular flexibility index (Phi) is 9.53. The van der Waals surface area contributed by atoms with Gasteiger partial charge in [0.25, 0.3) is 11.8 Å². The maximum Gasteiger partial charge on any atom is 0.303 e. The highest BCUT2D eigenvalue weighted by molar-refractivity contribution is 6.21. The normalized spacial score (nSPS) is 24.4. The number of nitrogens with one attached hydrogen (secondary N) is 1. The average Bonchev–Trinajstić information content (AvgIpc) is 3.08. The maximum absolute atomic E-state index is 12.6. The van der Waals surface area contributed by atoms with Crippen molar-refractivity contribution in [3.8, 4) is 0 Å². The van der Waals surface area contributed by atoms with Crippen molar-refractivity contribution in [1.29, 1.82) is 0 Å². The summed E-state index contributed by atoms with van der Waals surface area (Å²) in [6, 6.07) is 5.41. The molecule has 13 nitrogen and oxygen atoms in total. The first-order valence-corrected chi connectivity index (χ1v) is 12.0. The van der Waals surface area contributed by atoms with Crippen molar-refractivity contribution in [2.24, 2.45) is 0 Å². The minimum Gasteiger partial charge on any atom is -0.463 e. The summed E-state index contributed by atoms with van der Waals surface area (Å²) in [5.74, 6) is -3.38. The van der Waals surface area contributed by atoms with Gasteiger partial charge in [-0.15, -0.1) is 0 Å². The SMILES string of the molecule is CC(=O)N[C@@H]1[C@@H](OCCCN2C(=O)c3ccccc3C2=O)O[C@@H](COC(C)=O)[C@@H](OC(C)=O)[C@H]1OC(C)=O. The van der Waals surface area contributed by atoms with Crippen molar-refractivity contribution < 1.29 is 52.5 Å². The fourth-order valence-corrected chi connectivity index (χ4v) is 4.30. The van der Waals surface area contributed by atoms with Gasteiger partial charge in [0.15, 0.2) is 18.5 Å². The lowest BCUT2D eigenvalue weighted by Crippen LogP contribution is -2.66. The third-order valence-corrected chi connectivity index (χ3v) is 5.76. The fraction of sp³-hybridized carbons (Fsp3) is 0.520. The minimum atomic E-state index is -1.24. The van der Waals surface area contributed by atoms with Gasteiger partial charge in [-0.1, -0.05) is 12.1 Å². The number of rotatable bonds is 10. The molecule has 0 radical (unpaired) electrons. The first kappa shape index (κ1) is 28.7. The number of hydrogen-bond acceptors (Lipinski definition) is 11. The number of nitrogens with zero attached hydrogens (tertiary/aromatic N) is 1. The predicted molar refractivity (Wildman–Crippen MR) is 126 cm³/mol. The van der Waals surface area contributed by atoms with E-state index in [0.29, 0.717) is 11.1 Å². The van der Waals surface area contributed by atoms with Crippen LogP contribution in [0.1, 0.15) is 54.8 Å². The molecule has 3 rings (SSSR count). The molecule has 0 saturated carbocycles. The Labute approximate surface area is 218 Å². The molecule has 0 bridgehead atoms. The number of fused-ring (bicyclic) bond motifs is 1. The highest BCUT2D eigenvalue weighted by Crippen LogP contribution is 2.28. The highest BCUT2D eigenvalue weighted by atomic mass is 16.7. The van der Waals surface area contributed by atoms with Crippen molar-refractivity contribution in [3.05, 3.63) is 35.4 Å². The molecule has 0 spiro atoms. The number of hydrogen-bond donors (Lipinski definition) is 1. The smallest absolute Gasteiger partial charge is 0.303 e. The number of imide groups is 1. The molecule has 2 aliphatic rings. The Morgan fingerprint density at radius 3 is 2.00 bits per heavy atom. The van der Waals surface area contributed by atoms with Crippen LogP contribution in [0.15, 0.2) is 24.3 Å². The van der Waals surface area contributed by atoms with Crippen molar-refractivity contribution in [2.45, 2.75) is 64.8 Å². The van der Waals surface area contributed by atoms with E-state index >= 15 is 0 Å². The van der Waals surface area contributed by atoms with E-state index in [2.05, 4.69) is 5.32 Å². The first-order chi connectivity index (χ1) is 18.0. The zero-order valence-electron chi connectivity index (χ0n) is 21.5. The molecule has 1 saturated heterocycles. The van der Waals surface area contributed by atoms with Crippen LogP contribution in [0.3, 0.4) is 0 Å². The van der Waals surface area contributed by atoms with Crippen LogP contribution in [0.5, 0.6) is 0 Å². The largest absolute Gasteiger partial charge is 0.463 e. The summed E-state index contributed by atoms with van der Waals surface area (Å²) in [4.78, 5) is 73.4. The number of ether oxygens (including phenoxy) is 5. The van der Waals surface area contributed by atoms with Gasteiger partial charge in [-0.3, -0.25) is 33.7 Å². The molecule has 206 valence electrons. The monoisotopic (exact) mass is 534 g/mol. The van der Waals surface area contributed by atoms with E-state index in [1.54, 1.807) is 24.3 Å². The van der Waals surface area contributed by atoms with Crippen LogP contribution >= 0.6 is 0 Å². The molecule has 0 unspecified atom stereocenters. The molecule has 38 heavy (non-hydrogen) atoms. The van der Waals surface area contributed by atoms with Gasteiger partial charge in [0.2, 0.25) is 5.91 Å². The van der Waals surface area contributed by atoms with Gasteiger partial charge in [0.1, 0.15) is 18.8 Å². The molecule has 13 heteroatoms. The number of carbonyl (C=O) groups is 6. The van der Waals surface area contributed by atoms with Crippen LogP contribution < -0.4 is 5.32 Å². The summed E-state index contributed by atoms with van der Waals surface area (Å²) in [6.07, 6.45) is -4.57. The van der Waals surface area contributed by atoms with E-state index in [0.717, 1.165) is 18.7 Å². The van der Waals surface area contributed by atoms with Crippen molar-refractivity contribution in [1.82, 2.24) is 10.2 Å². The van der Waals surface area contributed by atoms with Gasteiger partial charge in [-0.2, -0.15) is 0 Å². The van der Waals surface area contributed by atoms with Gasteiger partial charge in [-0.25, -0.2) is 0 Å². The van der Waals surface area contributed by atoms with Crippen LogP contribution in [0.4, 0.5) is 0 Å². The molecular weight excluding hydrogens is 504 g/mol. The number of esters is 3. The predicted octanol–water partition coefficient (Wildman–Crippen LogP) is 0.345. The second kappa shape index (κ2) is 12.6. The zero-order valence-corrected chi connectivity index (χ0v) is 21.5. The quantitative estimate of drug-likeness (QED) is 0.191. The maximum atomic E-state index is 12.6. The van der Waals surface area contributed by atoms with Crippen molar-refractivity contribution in [3.63, 3.8) is 0 Å². The van der Waals surface area contributed by atoms with Crippen molar-refractivity contribution >= 4 is 35.6 Å². The number of carbonyl (C=O) groups excluding carboxylic acids is 6. The van der Waals surface area contributed by atoms with Gasteiger partial charge in [0.05, 0.1) is 17.7 Å². The molecule has 1 N–H and O–H groups in total. The Balaban J connectivity index is 1.74. The lowest BCUT2D eigenvalue weighted by atomic mass is 9.96. The van der Waals surface area contributed by atoms with Gasteiger partial charge >= 0.3 is 17.9 Å².